The third-order valence-corrected chi connectivity index (χ3v) is 6.56. The maximum Gasteiger partial charge on any atom is 0.258 e. The lowest BCUT2D eigenvalue weighted by atomic mass is 10.0. The summed E-state index contributed by atoms with van der Waals surface area (Å²) >= 11 is 0. The van der Waals surface area contributed by atoms with Crippen LogP contribution in [0.2, 0.25) is 0 Å². The van der Waals surface area contributed by atoms with Crippen LogP contribution in [0.3, 0.4) is 0 Å². The number of hydrogen-bond donors (Lipinski definition) is 1. The zero-order valence-corrected chi connectivity index (χ0v) is 17.0. The number of sulfone groups is 1. The Balaban J connectivity index is 1.85. The van der Waals surface area contributed by atoms with E-state index in [4.69, 9.17) is 0 Å². The van der Waals surface area contributed by atoms with Crippen LogP contribution in [-0.2, 0) is 14.6 Å². The van der Waals surface area contributed by atoms with Crippen LogP contribution in [0.15, 0.2) is 29.2 Å². The first-order valence-corrected chi connectivity index (χ1v) is 11.6. The first-order valence-electron chi connectivity index (χ1n) is 9.57. The number of nitrogens with zero attached hydrogens (tertiary/aromatic N) is 2. The summed E-state index contributed by atoms with van der Waals surface area (Å²) in [5.74, 6) is 0.0216. The second-order valence-electron chi connectivity index (χ2n) is 8.05. The van der Waals surface area contributed by atoms with E-state index in [-0.39, 0.29) is 23.1 Å². The highest BCUT2D eigenvalue weighted by Gasteiger charge is 2.37. The molecule has 0 aromatic heterocycles. The van der Waals surface area contributed by atoms with Crippen molar-refractivity contribution in [2.45, 2.75) is 12.8 Å². The predicted molar refractivity (Wildman–Crippen MR) is 113 cm³/mol. The minimum atomic E-state index is -3.26. The number of aromatic nitrogens is 1. The van der Waals surface area contributed by atoms with E-state index >= 15 is 0 Å². The smallest absolute Gasteiger partial charge is 0.258 e. The van der Waals surface area contributed by atoms with Crippen LogP contribution in [-0.4, -0.2) is 44.9 Å². The molecule has 0 unspecified atom stereocenters. The summed E-state index contributed by atoms with van der Waals surface area (Å²) in [4.78, 5) is 32.3. The molecule has 5 aliphatic rings. The molecule has 0 saturated heterocycles. The van der Waals surface area contributed by atoms with Gasteiger partial charge >= 0.3 is 0 Å². The third kappa shape index (κ3) is 2.90. The number of allylic oxidation sites excluding steroid dienone is 1. The Morgan fingerprint density at radius 2 is 2.00 bits per heavy atom. The highest BCUT2D eigenvalue weighted by atomic mass is 32.2. The molecular formula is C21H21N3O4S. The second kappa shape index (κ2) is 6.06. The number of rotatable bonds is 3. The van der Waals surface area contributed by atoms with E-state index in [9.17, 15) is 18.0 Å². The van der Waals surface area contributed by atoms with Crippen LogP contribution in [0.5, 0.6) is 0 Å². The summed E-state index contributed by atoms with van der Waals surface area (Å²) in [5, 5.41) is 1.41. The number of amides is 1. The topological polar surface area (TPSA) is 90.6 Å². The molecule has 0 radical (unpaired) electrons. The molecule has 0 aromatic rings. The molecule has 0 spiro atoms. The lowest BCUT2D eigenvalue weighted by molar-refractivity contribution is -0.119. The van der Waals surface area contributed by atoms with Crippen molar-refractivity contribution < 1.29 is 13.2 Å². The quantitative estimate of drug-likeness (QED) is 0.778. The zero-order valence-electron chi connectivity index (χ0n) is 16.2. The van der Waals surface area contributed by atoms with Gasteiger partial charge in [-0.1, -0.05) is 6.07 Å². The van der Waals surface area contributed by atoms with Crippen LogP contribution in [0.1, 0.15) is 12.8 Å². The summed E-state index contributed by atoms with van der Waals surface area (Å²) in [6, 6.07) is 3.69. The average molecular weight is 411 g/mol. The van der Waals surface area contributed by atoms with Gasteiger partial charge in [0.05, 0.1) is 22.7 Å². The van der Waals surface area contributed by atoms with Gasteiger partial charge in [0.2, 0.25) is 5.91 Å². The standard InChI is InChI=1S/C21H21N3O4S/c1-23-9-7-13(11-29(2,27)28)14-5-6-16-17-15(22-20(25)18(17)19(14)23)8-10-24(16)21(26)12-3-4-12/h5-9,12H,3-4,10-11H2,1-2H3,(H,22,25). The van der Waals surface area contributed by atoms with Gasteiger partial charge in [0.25, 0.3) is 5.56 Å². The summed E-state index contributed by atoms with van der Waals surface area (Å²) in [6.07, 6.45) is 8.42. The van der Waals surface area contributed by atoms with Crippen LogP contribution in [0.4, 0.5) is 11.4 Å². The number of nitrogens with one attached hydrogen (secondary N) is 1. The van der Waals surface area contributed by atoms with Gasteiger partial charge < -0.3 is 14.8 Å². The normalized spacial score (nSPS) is 18.1. The van der Waals surface area contributed by atoms with Crippen molar-refractivity contribution in [2.24, 2.45) is 5.92 Å². The molecule has 1 saturated carbocycles. The van der Waals surface area contributed by atoms with Gasteiger partial charge in [-0.15, -0.1) is 0 Å². The van der Waals surface area contributed by atoms with E-state index in [0.29, 0.717) is 39.6 Å². The average Bonchev–Trinajstić information content (AvgIpc) is 3.44. The third-order valence-electron chi connectivity index (χ3n) is 5.73. The van der Waals surface area contributed by atoms with E-state index in [1.54, 1.807) is 17.2 Å². The first kappa shape index (κ1) is 18.2. The van der Waals surface area contributed by atoms with E-state index in [1.807, 2.05) is 30.2 Å². The van der Waals surface area contributed by atoms with Crippen LogP contribution < -0.4 is 25.9 Å². The number of hydrogen-bond acceptors (Lipinski definition) is 5. The molecule has 1 amide bonds. The van der Waals surface area contributed by atoms with Crippen molar-refractivity contribution in [1.82, 2.24) is 4.98 Å². The summed E-state index contributed by atoms with van der Waals surface area (Å²) in [6.45, 7) is 0.417. The number of carbonyl (C=O) groups excluding carboxylic acids is 1. The monoisotopic (exact) mass is 411 g/mol. The van der Waals surface area contributed by atoms with E-state index in [1.165, 1.54) is 6.26 Å². The lowest BCUT2D eigenvalue weighted by Gasteiger charge is -2.26. The molecule has 3 aliphatic heterocycles. The molecule has 7 nitrogen and oxygen atoms in total. The minimum Gasteiger partial charge on any atom is -0.350 e. The zero-order chi connectivity index (χ0) is 20.5. The van der Waals surface area contributed by atoms with Crippen LogP contribution in [0, 0.1) is 5.92 Å². The number of anilines is 2. The van der Waals surface area contributed by atoms with Crippen molar-refractivity contribution >= 4 is 38.8 Å². The summed E-state index contributed by atoms with van der Waals surface area (Å²) in [5.41, 5.74) is 2.97. The van der Waals surface area contributed by atoms with Crippen molar-refractivity contribution in [2.75, 3.05) is 35.4 Å². The summed E-state index contributed by atoms with van der Waals surface area (Å²) in [7, 11) is -1.42. The van der Waals surface area contributed by atoms with Crippen LogP contribution >= 0.6 is 0 Å². The molecule has 8 heteroatoms. The molecule has 3 heterocycles. The largest absolute Gasteiger partial charge is 0.350 e. The molecule has 2 aliphatic carbocycles. The molecule has 1 N–H and O–H groups in total. The Morgan fingerprint density at radius 1 is 1.24 bits per heavy atom. The van der Waals surface area contributed by atoms with E-state index in [0.717, 1.165) is 18.4 Å². The molecule has 29 heavy (non-hydrogen) atoms. The first-order chi connectivity index (χ1) is 13.7. The molecule has 5 rings (SSSR count). The highest BCUT2D eigenvalue weighted by molar-refractivity contribution is 7.91. The SMILES string of the molecule is CN1C=CC(CS(C)(=O)=O)=c2ccc3c4c([nH]c(=O)c-4c21)=CCN3C(=O)C1CC1. The molecule has 0 atom stereocenters. The fourth-order valence-electron chi connectivity index (χ4n) is 4.26. The van der Waals surface area contributed by atoms with Crippen LogP contribution in [0.25, 0.3) is 22.8 Å². The van der Waals surface area contributed by atoms with Crippen molar-refractivity contribution in [3.05, 3.63) is 45.3 Å². The lowest BCUT2D eigenvalue weighted by Crippen LogP contribution is -2.36. The maximum absolute atomic E-state index is 13.0. The predicted octanol–water partition coefficient (Wildman–Crippen LogP) is 0.176. The van der Waals surface area contributed by atoms with Gasteiger partial charge in [0.15, 0.2) is 9.84 Å². The molecule has 0 bridgehead atoms. The number of carbonyl (C=O) groups is 1. The van der Waals surface area contributed by atoms with Gasteiger partial charge in [-0.25, -0.2) is 8.42 Å². The minimum absolute atomic E-state index is 0.0579. The Bertz CT molecular complexity index is 1350. The van der Waals surface area contributed by atoms with Gasteiger partial charge in [0.1, 0.15) is 0 Å². The van der Waals surface area contributed by atoms with Crippen molar-refractivity contribution in [1.29, 1.82) is 0 Å². The Hall–Kier alpha value is -2.87. The molecule has 150 valence electrons. The number of fused-ring (bicyclic) bond motifs is 2. The fourth-order valence-corrected chi connectivity index (χ4v) is 5.08. The van der Waals surface area contributed by atoms with Gasteiger partial charge in [-0.3, -0.25) is 9.59 Å². The Labute approximate surface area is 167 Å². The van der Waals surface area contributed by atoms with E-state index < -0.39 is 9.84 Å². The van der Waals surface area contributed by atoms with Gasteiger partial charge in [0, 0.05) is 48.1 Å². The van der Waals surface area contributed by atoms with Crippen molar-refractivity contribution in [3.63, 3.8) is 0 Å². The molecular weight excluding hydrogens is 390 g/mol. The Morgan fingerprint density at radius 3 is 2.69 bits per heavy atom. The van der Waals surface area contributed by atoms with Gasteiger partial charge in [-0.05, 0) is 36.6 Å². The maximum atomic E-state index is 13.0. The summed E-state index contributed by atoms with van der Waals surface area (Å²) < 4.78 is 23.9. The van der Waals surface area contributed by atoms with E-state index in [2.05, 4.69) is 4.98 Å². The van der Waals surface area contributed by atoms with Gasteiger partial charge in [-0.2, -0.15) is 0 Å². The number of aromatic amines is 1. The fraction of sp³-hybridized carbons (Fsp3) is 0.333. The molecule has 0 aromatic carbocycles. The van der Waals surface area contributed by atoms with Crippen molar-refractivity contribution in [3.8, 4) is 11.1 Å². The second-order valence-corrected chi connectivity index (χ2v) is 10.2. The highest BCUT2D eigenvalue weighted by Crippen LogP contribution is 2.38. The number of H-pyrrole nitrogens is 1. The molecule has 1 fully saturated rings. The Kier molecular flexibility index (Phi) is 3.80.